The van der Waals surface area contributed by atoms with Crippen LogP contribution in [0.2, 0.25) is 5.15 Å². The smallest absolute Gasteiger partial charge is 0.223 e. The van der Waals surface area contributed by atoms with Gasteiger partial charge in [-0.3, -0.25) is 0 Å². The minimum atomic E-state index is -0.511. The zero-order chi connectivity index (χ0) is 12.4. The maximum Gasteiger partial charge on any atom is 0.223 e. The number of halogens is 2. The molecule has 0 bridgehead atoms. The van der Waals surface area contributed by atoms with E-state index in [0.717, 1.165) is 0 Å². The molecular formula is C10H9ClFN5. The van der Waals surface area contributed by atoms with Crippen LogP contribution in [0.15, 0.2) is 24.3 Å². The minimum absolute atomic E-state index is 0.0379. The molecule has 0 saturated heterocycles. The lowest BCUT2D eigenvalue weighted by Gasteiger charge is -2.07. The molecule has 1 heterocycles. The van der Waals surface area contributed by atoms with Crippen LogP contribution in [0, 0.1) is 5.82 Å². The third kappa shape index (κ3) is 2.73. The van der Waals surface area contributed by atoms with Gasteiger partial charge in [-0.05, 0) is 18.2 Å². The highest BCUT2D eigenvalue weighted by Crippen LogP contribution is 2.21. The SMILES string of the molecule is Nc1nc(Cl)cc(Nc2ccc(N)c(F)c2)n1. The fourth-order valence-corrected chi connectivity index (χ4v) is 1.44. The summed E-state index contributed by atoms with van der Waals surface area (Å²) in [6.07, 6.45) is 0. The molecular weight excluding hydrogens is 245 g/mol. The third-order valence-corrected chi connectivity index (χ3v) is 2.18. The summed E-state index contributed by atoms with van der Waals surface area (Å²) in [7, 11) is 0. The van der Waals surface area contributed by atoms with Gasteiger partial charge < -0.3 is 16.8 Å². The first-order valence-corrected chi connectivity index (χ1v) is 5.04. The maximum atomic E-state index is 13.2. The van der Waals surface area contributed by atoms with E-state index < -0.39 is 5.82 Å². The Balaban J connectivity index is 2.28. The average molecular weight is 254 g/mol. The lowest BCUT2D eigenvalue weighted by molar-refractivity contribution is 0.633. The fraction of sp³-hybridized carbons (Fsp3) is 0. The summed E-state index contributed by atoms with van der Waals surface area (Å²) in [6.45, 7) is 0. The molecule has 7 heteroatoms. The van der Waals surface area contributed by atoms with Crippen LogP contribution in [-0.4, -0.2) is 9.97 Å². The van der Waals surface area contributed by atoms with E-state index in [0.29, 0.717) is 11.5 Å². The quantitative estimate of drug-likeness (QED) is 0.564. The Bertz CT molecular complexity index is 540. The molecule has 2 aromatic rings. The highest BCUT2D eigenvalue weighted by Gasteiger charge is 2.03. The van der Waals surface area contributed by atoms with Gasteiger partial charge in [0.25, 0.3) is 0 Å². The first-order valence-electron chi connectivity index (χ1n) is 4.67. The topological polar surface area (TPSA) is 89.8 Å². The van der Waals surface area contributed by atoms with Crippen molar-refractivity contribution in [2.75, 3.05) is 16.8 Å². The largest absolute Gasteiger partial charge is 0.396 e. The van der Waals surface area contributed by atoms with Crippen LogP contribution in [0.5, 0.6) is 0 Å². The Morgan fingerprint density at radius 2 is 1.94 bits per heavy atom. The summed E-state index contributed by atoms with van der Waals surface area (Å²) in [4.78, 5) is 7.60. The molecule has 1 aromatic carbocycles. The fourth-order valence-electron chi connectivity index (χ4n) is 1.25. The van der Waals surface area contributed by atoms with Crippen molar-refractivity contribution < 1.29 is 4.39 Å². The van der Waals surface area contributed by atoms with Crippen LogP contribution in [0.4, 0.5) is 27.5 Å². The van der Waals surface area contributed by atoms with Gasteiger partial charge in [0.05, 0.1) is 5.69 Å². The van der Waals surface area contributed by atoms with Gasteiger partial charge in [0.15, 0.2) is 0 Å². The number of benzene rings is 1. The molecule has 0 aliphatic heterocycles. The molecule has 0 radical (unpaired) electrons. The van der Waals surface area contributed by atoms with Crippen LogP contribution in [0.1, 0.15) is 0 Å². The highest BCUT2D eigenvalue weighted by molar-refractivity contribution is 6.29. The van der Waals surface area contributed by atoms with Crippen molar-refractivity contribution in [3.8, 4) is 0 Å². The van der Waals surface area contributed by atoms with Crippen molar-refractivity contribution >= 4 is 34.7 Å². The van der Waals surface area contributed by atoms with Crippen LogP contribution in [0.3, 0.4) is 0 Å². The van der Waals surface area contributed by atoms with E-state index in [1.54, 1.807) is 6.07 Å². The molecule has 5 nitrogen and oxygen atoms in total. The molecule has 0 fully saturated rings. The zero-order valence-electron chi connectivity index (χ0n) is 8.61. The molecule has 0 aliphatic carbocycles. The second kappa shape index (κ2) is 4.42. The zero-order valence-corrected chi connectivity index (χ0v) is 9.37. The van der Waals surface area contributed by atoms with E-state index in [9.17, 15) is 4.39 Å². The lowest BCUT2D eigenvalue weighted by atomic mass is 10.2. The van der Waals surface area contributed by atoms with Crippen molar-refractivity contribution in [1.82, 2.24) is 9.97 Å². The molecule has 1 aromatic heterocycles. The van der Waals surface area contributed by atoms with Crippen molar-refractivity contribution in [3.05, 3.63) is 35.2 Å². The summed E-state index contributed by atoms with van der Waals surface area (Å²) in [5.41, 5.74) is 11.4. The normalized spacial score (nSPS) is 10.2. The summed E-state index contributed by atoms with van der Waals surface area (Å²) in [5, 5.41) is 3.05. The highest BCUT2D eigenvalue weighted by atomic mass is 35.5. The first kappa shape index (κ1) is 11.4. The number of nitrogens with zero attached hydrogens (tertiary/aromatic N) is 2. The van der Waals surface area contributed by atoms with E-state index >= 15 is 0 Å². The van der Waals surface area contributed by atoms with Crippen LogP contribution in [0.25, 0.3) is 0 Å². The van der Waals surface area contributed by atoms with Gasteiger partial charge in [-0.1, -0.05) is 11.6 Å². The summed E-state index contributed by atoms with van der Waals surface area (Å²) in [5.74, 6) is -0.0919. The van der Waals surface area contributed by atoms with Gasteiger partial charge in [-0.15, -0.1) is 0 Å². The standard InChI is InChI=1S/C10H9ClFN5/c11-8-4-9(17-10(14)16-8)15-5-1-2-7(13)6(12)3-5/h1-4H,13H2,(H3,14,15,16,17). The molecule has 0 amide bonds. The summed E-state index contributed by atoms with van der Waals surface area (Å²) < 4.78 is 13.2. The summed E-state index contributed by atoms with van der Waals surface area (Å²) in [6, 6.07) is 5.79. The van der Waals surface area contributed by atoms with Gasteiger partial charge in [-0.25, -0.2) is 9.37 Å². The molecule has 0 atom stereocenters. The van der Waals surface area contributed by atoms with E-state index in [4.69, 9.17) is 23.1 Å². The number of anilines is 4. The molecule has 17 heavy (non-hydrogen) atoms. The van der Waals surface area contributed by atoms with Crippen molar-refractivity contribution in [3.63, 3.8) is 0 Å². The molecule has 2 rings (SSSR count). The number of rotatable bonds is 2. The predicted octanol–water partition coefficient (Wildman–Crippen LogP) is 2.18. The van der Waals surface area contributed by atoms with Crippen LogP contribution >= 0.6 is 11.6 Å². The number of nitrogen functional groups attached to an aromatic ring is 2. The van der Waals surface area contributed by atoms with Gasteiger partial charge in [-0.2, -0.15) is 4.98 Å². The Labute approximate surface area is 102 Å². The maximum absolute atomic E-state index is 13.2. The molecule has 88 valence electrons. The van der Waals surface area contributed by atoms with E-state index in [-0.39, 0.29) is 16.8 Å². The van der Waals surface area contributed by atoms with Gasteiger partial charge in [0, 0.05) is 11.8 Å². The Hall–Kier alpha value is -2.08. The first-order chi connectivity index (χ1) is 8.04. The molecule has 0 saturated carbocycles. The van der Waals surface area contributed by atoms with E-state index in [1.165, 1.54) is 18.2 Å². The average Bonchev–Trinajstić information content (AvgIpc) is 2.22. The molecule has 0 spiro atoms. The number of hydrogen-bond donors (Lipinski definition) is 3. The van der Waals surface area contributed by atoms with Crippen LogP contribution in [-0.2, 0) is 0 Å². The predicted molar refractivity (Wildman–Crippen MR) is 65.5 cm³/mol. The van der Waals surface area contributed by atoms with Crippen molar-refractivity contribution in [2.24, 2.45) is 0 Å². The summed E-state index contributed by atoms with van der Waals surface area (Å²) >= 11 is 5.71. The number of nitrogens with one attached hydrogen (secondary N) is 1. The Morgan fingerprint density at radius 3 is 2.59 bits per heavy atom. The number of nitrogens with two attached hydrogens (primary N) is 2. The van der Waals surface area contributed by atoms with Crippen molar-refractivity contribution in [1.29, 1.82) is 0 Å². The minimum Gasteiger partial charge on any atom is -0.396 e. The molecule has 0 unspecified atom stereocenters. The lowest BCUT2D eigenvalue weighted by Crippen LogP contribution is -2.00. The van der Waals surface area contributed by atoms with E-state index in [1.807, 2.05) is 0 Å². The molecule has 5 N–H and O–H groups in total. The molecule has 0 aliphatic rings. The van der Waals surface area contributed by atoms with Gasteiger partial charge in [0.2, 0.25) is 5.95 Å². The Kier molecular flexibility index (Phi) is 2.97. The van der Waals surface area contributed by atoms with Gasteiger partial charge in [0.1, 0.15) is 16.8 Å². The third-order valence-electron chi connectivity index (χ3n) is 1.99. The van der Waals surface area contributed by atoms with Crippen LogP contribution < -0.4 is 16.8 Å². The monoisotopic (exact) mass is 253 g/mol. The number of hydrogen-bond acceptors (Lipinski definition) is 5. The second-order valence-electron chi connectivity index (χ2n) is 3.30. The number of aromatic nitrogens is 2. The Morgan fingerprint density at radius 1 is 1.18 bits per heavy atom. The van der Waals surface area contributed by atoms with Gasteiger partial charge >= 0.3 is 0 Å². The van der Waals surface area contributed by atoms with E-state index in [2.05, 4.69) is 15.3 Å². The van der Waals surface area contributed by atoms with Crippen molar-refractivity contribution in [2.45, 2.75) is 0 Å². The second-order valence-corrected chi connectivity index (χ2v) is 3.68.